The average Bonchev–Trinajstić information content (AvgIpc) is 3.73. The SMILES string of the molecule is CC(C)Oc1cc2c(cc1NC(=O)c1cnn3cccnc13)CN(C1CCN(C(C)(C)C3CN(c4ccc(F)c(C(=O)NC5CCC(=O)NC5=O)c4)C3)CC1)C2=O. The third-order valence-corrected chi connectivity index (χ3v) is 11.9. The molecule has 2 aromatic heterocycles. The van der Waals surface area contributed by atoms with Crippen molar-refractivity contribution >= 4 is 46.6 Å². The van der Waals surface area contributed by atoms with Gasteiger partial charge in [-0.25, -0.2) is 13.9 Å². The van der Waals surface area contributed by atoms with E-state index < -0.39 is 29.6 Å². The molecule has 4 aliphatic rings. The number of carbonyl (C=O) groups is 5. The highest BCUT2D eigenvalue weighted by atomic mass is 19.1. The molecule has 8 rings (SSSR count). The summed E-state index contributed by atoms with van der Waals surface area (Å²) < 4.78 is 22.4. The second kappa shape index (κ2) is 14.9. The van der Waals surface area contributed by atoms with Crippen LogP contribution in [0.5, 0.6) is 5.75 Å². The van der Waals surface area contributed by atoms with Gasteiger partial charge in [0.05, 0.1) is 23.6 Å². The van der Waals surface area contributed by atoms with E-state index in [0.29, 0.717) is 40.7 Å². The van der Waals surface area contributed by atoms with Crippen molar-refractivity contribution in [3.05, 3.63) is 83.1 Å². The van der Waals surface area contributed by atoms with Gasteiger partial charge < -0.3 is 25.2 Å². The quantitative estimate of drug-likeness (QED) is 0.202. The molecule has 4 aromatic rings. The van der Waals surface area contributed by atoms with Crippen LogP contribution in [0, 0.1) is 11.7 Å². The minimum absolute atomic E-state index is 0.0416. The van der Waals surface area contributed by atoms with Gasteiger partial charge >= 0.3 is 0 Å². The number of anilines is 2. The van der Waals surface area contributed by atoms with Crippen molar-refractivity contribution in [3.63, 3.8) is 0 Å². The van der Waals surface area contributed by atoms with Gasteiger partial charge in [0.2, 0.25) is 11.8 Å². The summed E-state index contributed by atoms with van der Waals surface area (Å²) in [5.74, 6) is -2.05. The molecule has 0 radical (unpaired) electrons. The molecule has 3 N–H and O–H groups in total. The molecule has 1 unspecified atom stereocenters. The van der Waals surface area contributed by atoms with Crippen molar-refractivity contribution < 1.29 is 33.1 Å². The molecule has 0 saturated carbocycles. The number of hydrogen-bond acceptors (Lipinski definition) is 10. The fraction of sp³-hybridized carbons (Fsp3) is 0.439. The summed E-state index contributed by atoms with van der Waals surface area (Å²) in [5, 5.41) is 12.0. The van der Waals surface area contributed by atoms with E-state index in [0.717, 1.165) is 50.3 Å². The van der Waals surface area contributed by atoms with E-state index in [9.17, 15) is 28.4 Å². The van der Waals surface area contributed by atoms with Gasteiger partial charge in [0, 0.05) is 80.3 Å². The third-order valence-electron chi connectivity index (χ3n) is 11.9. The molecule has 2 aromatic carbocycles. The largest absolute Gasteiger partial charge is 0.489 e. The highest BCUT2D eigenvalue weighted by Crippen LogP contribution is 2.40. The summed E-state index contributed by atoms with van der Waals surface area (Å²) in [6.07, 6.45) is 6.51. The smallest absolute Gasteiger partial charge is 0.261 e. The maximum Gasteiger partial charge on any atom is 0.261 e. The molecule has 1 atom stereocenters. The van der Waals surface area contributed by atoms with Gasteiger partial charge in [-0.2, -0.15) is 5.10 Å². The number of halogens is 1. The Kier molecular flexibility index (Phi) is 9.92. The number of carbonyl (C=O) groups excluding carboxylic acids is 5. The number of imide groups is 1. The predicted octanol–water partition coefficient (Wildman–Crippen LogP) is 3.78. The van der Waals surface area contributed by atoms with E-state index >= 15 is 0 Å². The monoisotopic (exact) mass is 779 g/mol. The predicted molar refractivity (Wildman–Crippen MR) is 207 cm³/mol. The van der Waals surface area contributed by atoms with E-state index in [-0.39, 0.29) is 47.9 Å². The number of hydrogen-bond donors (Lipinski definition) is 3. The summed E-state index contributed by atoms with van der Waals surface area (Å²) in [5.41, 5.74) is 3.08. The van der Waals surface area contributed by atoms with Crippen LogP contribution >= 0.6 is 0 Å². The van der Waals surface area contributed by atoms with Crippen molar-refractivity contribution in [2.75, 3.05) is 36.4 Å². The minimum Gasteiger partial charge on any atom is -0.489 e. The molecule has 3 saturated heterocycles. The van der Waals surface area contributed by atoms with Gasteiger partial charge in [0.15, 0.2) is 5.65 Å². The molecular formula is C41H46FN9O6. The van der Waals surface area contributed by atoms with Gasteiger partial charge in [-0.05, 0) is 88.9 Å². The number of rotatable bonds is 10. The van der Waals surface area contributed by atoms with E-state index in [1.54, 1.807) is 30.6 Å². The molecule has 6 heterocycles. The molecule has 5 amide bonds. The van der Waals surface area contributed by atoms with Crippen molar-refractivity contribution in [3.8, 4) is 5.75 Å². The van der Waals surface area contributed by atoms with Gasteiger partial charge in [0.25, 0.3) is 17.7 Å². The highest BCUT2D eigenvalue weighted by molar-refractivity contribution is 6.09. The fourth-order valence-electron chi connectivity index (χ4n) is 8.39. The lowest BCUT2D eigenvalue weighted by atomic mass is 9.78. The van der Waals surface area contributed by atoms with Crippen LogP contribution in [0.2, 0.25) is 0 Å². The first kappa shape index (κ1) is 38.0. The molecule has 0 aliphatic carbocycles. The van der Waals surface area contributed by atoms with Gasteiger partial charge in [-0.1, -0.05) is 0 Å². The Bertz CT molecular complexity index is 2280. The van der Waals surface area contributed by atoms with Crippen LogP contribution < -0.4 is 25.6 Å². The standard InChI is InChI=1S/C41H46FN9O6/c1-23(2)57-34-18-28-24(16-33(34)46-38(54)30-19-44-51-13-5-12-43-36(30)51)20-50(40(28)56)26-10-14-49(15-11-26)41(3,4)25-21-48(22-25)27-6-7-31(42)29(17-27)37(53)45-32-8-9-35(52)47-39(32)55/h5-7,12-13,16-19,23,25-26,32H,8-11,14-15,20-22H2,1-4H3,(H,45,53)(H,46,54)(H,47,52,55). The molecule has 0 bridgehead atoms. The second-order valence-electron chi connectivity index (χ2n) is 16.1. The molecule has 4 aliphatic heterocycles. The number of nitrogens with one attached hydrogen (secondary N) is 3. The Morgan fingerprint density at radius 2 is 1.79 bits per heavy atom. The molecule has 3 fully saturated rings. The van der Waals surface area contributed by atoms with Crippen molar-refractivity contribution in [2.24, 2.45) is 5.92 Å². The highest BCUT2D eigenvalue weighted by Gasteiger charge is 2.45. The van der Waals surface area contributed by atoms with Crippen molar-refractivity contribution in [2.45, 2.75) is 83.6 Å². The van der Waals surface area contributed by atoms with Gasteiger partial charge in [-0.15, -0.1) is 0 Å². The first-order valence-corrected chi connectivity index (χ1v) is 19.4. The number of likely N-dealkylation sites (tertiary alicyclic amines) is 1. The number of aromatic nitrogens is 3. The fourth-order valence-corrected chi connectivity index (χ4v) is 8.39. The molecule has 16 heteroatoms. The zero-order chi connectivity index (χ0) is 40.2. The lowest BCUT2D eigenvalue weighted by Crippen LogP contribution is -2.64. The summed E-state index contributed by atoms with van der Waals surface area (Å²) in [7, 11) is 0. The number of piperidine rings is 2. The lowest BCUT2D eigenvalue weighted by Gasteiger charge is -2.54. The van der Waals surface area contributed by atoms with E-state index in [1.165, 1.54) is 22.8 Å². The third kappa shape index (κ3) is 7.29. The van der Waals surface area contributed by atoms with Crippen LogP contribution in [0.4, 0.5) is 15.8 Å². The van der Waals surface area contributed by atoms with Crippen LogP contribution in [0.3, 0.4) is 0 Å². The van der Waals surface area contributed by atoms with E-state index in [4.69, 9.17) is 4.74 Å². The molecule has 0 spiro atoms. The Labute approximate surface area is 328 Å². The first-order valence-electron chi connectivity index (χ1n) is 19.4. The van der Waals surface area contributed by atoms with Crippen molar-refractivity contribution in [1.82, 2.24) is 35.0 Å². The summed E-state index contributed by atoms with van der Waals surface area (Å²) in [4.78, 5) is 74.8. The van der Waals surface area contributed by atoms with Crippen LogP contribution in [0.1, 0.15) is 90.0 Å². The van der Waals surface area contributed by atoms with Crippen LogP contribution in [0.15, 0.2) is 55.0 Å². The van der Waals surface area contributed by atoms with E-state index in [2.05, 4.69) is 49.7 Å². The second-order valence-corrected chi connectivity index (χ2v) is 16.1. The van der Waals surface area contributed by atoms with Gasteiger partial charge in [0.1, 0.15) is 23.2 Å². The number of fused-ring (bicyclic) bond motifs is 2. The minimum atomic E-state index is -0.895. The maximum atomic E-state index is 14.8. The van der Waals surface area contributed by atoms with E-state index in [1.807, 2.05) is 24.8 Å². The summed E-state index contributed by atoms with van der Waals surface area (Å²) >= 11 is 0. The molecule has 57 heavy (non-hydrogen) atoms. The number of ether oxygens (including phenoxy) is 1. The molecular weight excluding hydrogens is 734 g/mol. The average molecular weight is 780 g/mol. The van der Waals surface area contributed by atoms with Crippen LogP contribution in [-0.2, 0) is 16.1 Å². The Morgan fingerprint density at radius 3 is 2.53 bits per heavy atom. The topological polar surface area (TPSA) is 171 Å². The number of amides is 5. The first-order chi connectivity index (χ1) is 27.3. The van der Waals surface area contributed by atoms with Crippen LogP contribution in [0.25, 0.3) is 5.65 Å². The zero-order valence-electron chi connectivity index (χ0n) is 32.4. The summed E-state index contributed by atoms with van der Waals surface area (Å²) in [6, 6.07) is 8.93. The maximum absolute atomic E-state index is 14.8. The molecule has 15 nitrogen and oxygen atoms in total. The molecule has 298 valence electrons. The van der Waals surface area contributed by atoms with Crippen molar-refractivity contribution in [1.29, 1.82) is 0 Å². The lowest BCUT2D eigenvalue weighted by molar-refractivity contribution is -0.134. The Hall–Kier alpha value is -5.90. The Morgan fingerprint density at radius 1 is 1.02 bits per heavy atom. The number of nitrogens with zero attached hydrogens (tertiary/aromatic N) is 6. The summed E-state index contributed by atoms with van der Waals surface area (Å²) in [6.45, 7) is 11.8. The van der Waals surface area contributed by atoms with Crippen LogP contribution in [-0.4, -0.2) is 104 Å². The normalized spacial score (nSPS) is 19.5. The Balaban J connectivity index is 0.882. The van der Waals surface area contributed by atoms with Gasteiger partial charge in [-0.3, -0.25) is 34.2 Å². The number of benzene rings is 2. The zero-order valence-corrected chi connectivity index (χ0v) is 32.4.